The number of nitrogens with zero attached hydrogens (tertiary/aromatic N) is 2. The number of hydrogen-bond donors (Lipinski definition) is 0. The van der Waals surface area contributed by atoms with E-state index < -0.39 is 0 Å². The molecule has 1 aliphatic carbocycles. The molecule has 0 amide bonds. The van der Waals surface area contributed by atoms with Gasteiger partial charge in [0.25, 0.3) is 0 Å². The van der Waals surface area contributed by atoms with Gasteiger partial charge in [-0.2, -0.15) is 0 Å². The van der Waals surface area contributed by atoms with Gasteiger partial charge in [0.05, 0.1) is 12.4 Å². The highest BCUT2D eigenvalue weighted by Gasteiger charge is 2.27. The number of ketones is 1. The smallest absolute Gasteiger partial charge is 0.138 e. The number of imidazole rings is 1. The van der Waals surface area contributed by atoms with E-state index in [1.807, 2.05) is 18.6 Å². The Hall–Kier alpha value is -2.16. The molecule has 0 spiro atoms. The molecule has 3 heteroatoms. The van der Waals surface area contributed by atoms with Gasteiger partial charge >= 0.3 is 0 Å². The summed E-state index contributed by atoms with van der Waals surface area (Å²) in [5.41, 5.74) is 3.68. The van der Waals surface area contributed by atoms with Gasteiger partial charge in [0.15, 0.2) is 0 Å². The van der Waals surface area contributed by atoms with Crippen LogP contribution in [0.4, 0.5) is 0 Å². The number of aromatic nitrogens is 2. The summed E-state index contributed by atoms with van der Waals surface area (Å²) >= 11 is 0. The topological polar surface area (TPSA) is 34.9 Å². The van der Waals surface area contributed by atoms with Crippen molar-refractivity contribution < 1.29 is 4.79 Å². The molecule has 1 saturated carbocycles. The van der Waals surface area contributed by atoms with E-state index in [9.17, 15) is 4.79 Å². The van der Waals surface area contributed by atoms with Gasteiger partial charge in [-0.1, -0.05) is 55.2 Å². The molecule has 1 unspecified atom stereocenters. The minimum Gasteiger partial charge on any atom is -0.330 e. The van der Waals surface area contributed by atoms with Crippen LogP contribution in [0.3, 0.4) is 0 Å². The van der Waals surface area contributed by atoms with Crippen LogP contribution in [0.15, 0.2) is 54.6 Å². The summed E-state index contributed by atoms with van der Waals surface area (Å²) in [6.45, 7) is 4.27. The lowest BCUT2D eigenvalue weighted by Gasteiger charge is -2.27. The Morgan fingerprint density at radius 3 is 2.48 bits per heavy atom. The van der Waals surface area contributed by atoms with Crippen LogP contribution in [-0.4, -0.2) is 15.3 Å². The van der Waals surface area contributed by atoms with Crippen LogP contribution >= 0.6 is 0 Å². The number of carbonyl (C=O) groups excluding carboxylic acids is 1. The molecule has 25 heavy (non-hydrogen) atoms. The Morgan fingerprint density at radius 1 is 1.16 bits per heavy atom. The molecule has 1 aromatic heterocycles. The van der Waals surface area contributed by atoms with Crippen LogP contribution in [0.25, 0.3) is 5.57 Å². The van der Waals surface area contributed by atoms with Crippen LogP contribution in [0.2, 0.25) is 0 Å². The highest BCUT2D eigenvalue weighted by molar-refractivity contribution is 5.85. The highest BCUT2D eigenvalue weighted by atomic mass is 16.1. The summed E-state index contributed by atoms with van der Waals surface area (Å²) in [5, 5.41) is 0. The van der Waals surface area contributed by atoms with Crippen LogP contribution in [0.5, 0.6) is 0 Å². The third kappa shape index (κ3) is 4.28. The van der Waals surface area contributed by atoms with Crippen LogP contribution < -0.4 is 0 Å². The summed E-state index contributed by atoms with van der Waals surface area (Å²) in [6, 6.07) is 10.4. The first-order valence-corrected chi connectivity index (χ1v) is 9.39. The SMILES string of the molecule is CC(C)=C(c1ccccc1)C(CC(=O)C1CCCCC1)n1ccnc1. The number of allylic oxidation sites excluding steroid dienone is 2. The first-order chi connectivity index (χ1) is 12.2. The maximum atomic E-state index is 13.0. The Balaban J connectivity index is 1.92. The van der Waals surface area contributed by atoms with Gasteiger partial charge in [-0.3, -0.25) is 4.79 Å². The van der Waals surface area contributed by atoms with E-state index >= 15 is 0 Å². The van der Waals surface area contributed by atoms with E-state index in [4.69, 9.17) is 0 Å². The van der Waals surface area contributed by atoms with Crippen molar-refractivity contribution in [1.82, 2.24) is 9.55 Å². The molecule has 3 rings (SSSR count). The molecule has 1 atom stereocenters. The van der Waals surface area contributed by atoms with Crippen molar-refractivity contribution in [1.29, 1.82) is 0 Å². The second kappa shape index (κ2) is 8.28. The van der Waals surface area contributed by atoms with Gasteiger partial charge in [0.1, 0.15) is 5.78 Å². The van der Waals surface area contributed by atoms with Crippen LogP contribution in [0.1, 0.15) is 64.0 Å². The van der Waals surface area contributed by atoms with E-state index in [1.54, 1.807) is 6.20 Å². The molecule has 2 aromatic rings. The maximum Gasteiger partial charge on any atom is 0.138 e. The lowest BCUT2D eigenvalue weighted by Crippen LogP contribution is -2.23. The lowest BCUT2D eigenvalue weighted by atomic mass is 9.82. The van der Waals surface area contributed by atoms with E-state index in [0.717, 1.165) is 12.8 Å². The quantitative estimate of drug-likeness (QED) is 0.702. The Labute approximate surface area is 150 Å². The predicted molar refractivity (Wildman–Crippen MR) is 102 cm³/mol. The summed E-state index contributed by atoms with van der Waals surface area (Å²) in [5.74, 6) is 0.655. The van der Waals surface area contributed by atoms with Crippen molar-refractivity contribution in [3.05, 3.63) is 60.2 Å². The van der Waals surface area contributed by atoms with Crippen LogP contribution in [-0.2, 0) is 4.79 Å². The third-order valence-corrected chi connectivity index (χ3v) is 5.30. The van der Waals surface area contributed by atoms with Gasteiger partial charge in [-0.25, -0.2) is 4.98 Å². The van der Waals surface area contributed by atoms with Crippen molar-refractivity contribution in [2.24, 2.45) is 5.92 Å². The zero-order valence-electron chi connectivity index (χ0n) is 15.3. The molecule has 1 aromatic carbocycles. The molecule has 1 heterocycles. The summed E-state index contributed by atoms with van der Waals surface area (Å²) in [7, 11) is 0. The number of hydrogen-bond acceptors (Lipinski definition) is 2. The summed E-state index contributed by atoms with van der Waals surface area (Å²) in [6.07, 6.45) is 12.0. The molecule has 1 fully saturated rings. The van der Waals surface area contributed by atoms with Crippen molar-refractivity contribution in [3.8, 4) is 0 Å². The van der Waals surface area contributed by atoms with Gasteiger partial charge in [-0.15, -0.1) is 0 Å². The molecule has 132 valence electrons. The van der Waals surface area contributed by atoms with E-state index in [0.29, 0.717) is 12.2 Å². The summed E-state index contributed by atoms with van der Waals surface area (Å²) < 4.78 is 2.09. The molecule has 0 bridgehead atoms. The standard InChI is InChI=1S/C22H28N2O/c1-17(2)22(19-11-7-4-8-12-19)20(24-14-13-23-16-24)15-21(25)18-9-5-3-6-10-18/h4,7-8,11-14,16,18,20H,3,5-6,9-10,15H2,1-2H3. The fraction of sp³-hybridized carbons (Fsp3) is 0.455. The predicted octanol–water partition coefficient (Wildman–Crippen LogP) is 5.46. The van der Waals surface area contributed by atoms with Crippen LogP contribution in [0, 0.1) is 5.92 Å². The molecule has 0 saturated heterocycles. The fourth-order valence-electron chi connectivity index (χ4n) is 4.02. The Morgan fingerprint density at radius 2 is 1.88 bits per heavy atom. The first-order valence-electron chi connectivity index (χ1n) is 9.39. The molecule has 3 nitrogen and oxygen atoms in total. The zero-order valence-corrected chi connectivity index (χ0v) is 15.3. The van der Waals surface area contributed by atoms with Crippen molar-refractivity contribution >= 4 is 11.4 Å². The third-order valence-electron chi connectivity index (χ3n) is 5.30. The minimum atomic E-state index is 0.0179. The fourth-order valence-corrected chi connectivity index (χ4v) is 4.02. The Bertz CT molecular complexity index is 706. The molecule has 0 N–H and O–H groups in total. The second-order valence-corrected chi connectivity index (χ2v) is 7.31. The molecular weight excluding hydrogens is 308 g/mol. The van der Waals surface area contributed by atoms with Crippen molar-refractivity contribution in [2.45, 2.75) is 58.4 Å². The number of Topliss-reactive ketones (excluding diaryl/α,β-unsaturated/α-hetero) is 1. The lowest BCUT2D eigenvalue weighted by molar-refractivity contribution is -0.124. The average molecular weight is 336 g/mol. The Kier molecular flexibility index (Phi) is 5.85. The van der Waals surface area contributed by atoms with E-state index in [1.165, 1.54) is 36.0 Å². The maximum absolute atomic E-state index is 13.0. The molecule has 0 aliphatic heterocycles. The monoisotopic (exact) mass is 336 g/mol. The largest absolute Gasteiger partial charge is 0.330 e. The number of benzene rings is 1. The summed E-state index contributed by atoms with van der Waals surface area (Å²) in [4.78, 5) is 17.2. The second-order valence-electron chi connectivity index (χ2n) is 7.31. The van der Waals surface area contributed by atoms with E-state index in [-0.39, 0.29) is 12.0 Å². The van der Waals surface area contributed by atoms with Gasteiger partial charge in [0, 0.05) is 24.7 Å². The average Bonchev–Trinajstić information content (AvgIpc) is 3.17. The van der Waals surface area contributed by atoms with Gasteiger partial charge < -0.3 is 4.57 Å². The molecule has 1 aliphatic rings. The molecule has 0 radical (unpaired) electrons. The molecular formula is C22H28N2O. The normalized spacial score (nSPS) is 16.4. The number of carbonyl (C=O) groups is 1. The van der Waals surface area contributed by atoms with Gasteiger partial charge in [-0.05, 0) is 37.8 Å². The number of rotatable bonds is 6. The minimum absolute atomic E-state index is 0.0179. The van der Waals surface area contributed by atoms with Gasteiger partial charge in [0.2, 0.25) is 0 Å². The van der Waals surface area contributed by atoms with Crippen molar-refractivity contribution in [2.75, 3.05) is 0 Å². The first kappa shape index (κ1) is 17.7. The van der Waals surface area contributed by atoms with Crippen molar-refractivity contribution in [3.63, 3.8) is 0 Å². The zero-order chi connectivity index (χ0) is 17.6. The highest BCUT2D eigenvalue weighted by Crippen LogP contribution is 2.35. The van der Waals surface area contributed by atoms with E-state index in [2.05, 4.69) is 47.7 Å².